The molecular formula is C23H33N5O3. The zero-order valence-electron chi connectivity index (χ0n) is 18.3. The van der Waals surface area contributed by atoms with Gasteiger partial charge in [-0.2, -0.15) is 0 Å². The number of anilines is 1. The number of carbonyl (C=O) groups excluding carboxylic acids is 2. The molecule has 1 unspecified atom stereocenters. The van der Waals surface area contributed by atoms with E-state index in [1.165, 1.54) is 32.2 Å². The fourth-order valence-electron chi connectivity index (χ4n) is 4.77. The second kappa shape index (κ2) is 9.66. The van der Waals surface area contributed by atoms with Crippen molar-refractivity contribution in [2.45, 2.75) is 76.9 Å². The molecule has 2 aliphatic carbocycles. The maximum Gasteiger partial charge on any atom is 0.328 e. The topological polar surface area (TPSA) is 100 Å². The van der Waals surface area contributed by atoms with Gasteiger partial charge in [0.1, 0.15) is 29.9 Å². The van der Waals surface area contributed by atoms with Crippen molar-refractivity contribution >= 4 is 29.2 Å². The third-order valence-electron chi connectivity index (χ3n) is 6.80. The summed E-state index contributed by atoms with van der Waals surface area (Å²) in [5, 5.41) is 3.61. The third kappa shape index (κ3) is 5.17. The van der Waals surface area contributed by atoms with Gasteiger partial charge in [-0.25, -0.2) is 14.8 Å². The second-order valence-electron chi connectivity index (χ2n) is 9.05. The highest BCUT2D eigenvalue weighted by Crippen LogP contribution is 2.52. The number of rotatable bonds is 6. The van der Waals surface area contributed by atoms with Crippen LogP contribution in [0.3, 0.4) is 0 Å². The number of ether oxygens (including phenoxy) is 1. The Bertz CT molecular complexity index is 888. The Morgan fingerprint density at radius 2 is 2.13 bits per heavy atom. The monoisotopic (exact) mass is 427 g/mol. The predicted octanol–water partition coefficient (Wildman–Crippen LogP) is 3.34. The molecule has 8 heteroatoms. The Hall–Kier alpha value is -2.64. The SMILES string of the molecule is CCC(NC=O)C(=O)OC1CCCC1.c1nc(N2CCCC3(CC3)C2)c2cc[nH]c2n1. The van der Waals surface area contributed by atoms with Gasteiger partial charge in [0.2, 0.25) is 6.41 Å². The van der Waals surface area contributed by atoms with E-state index in [1.54, 1.807) is 6.33 Å². The van der Waals surface area contributed by atoms with Crippen molar-refractivity contribution in [3.05, 3.63) is 18.6 Å². The Balaban J connectivity index is 0.000000153. The van der Waals surface area contributed by atoms with E-state index in [1.807, 2.05) is 13.1 Å². The zero-order valence-corrected chi connectivity index (χ0v) is 18.3. The van der Waals surface area contributed by atoms with Crippen molar-refractivity contribution < 1.29 is 14.3 Å². The molecule has 1 atom stereocenters. The van der Waals surface area contributed by atoms with Crippen molar-refractivity contribution in [1.29, 1.82) is 0 Å². The standard InChI is InChI=1S/C13H16N4.C10H17NO3/c1-3-13(4-5-13)8-17(7-1)12-10-2-6-14-11(10)15-9-16-12;1-2-9(11-7-12)10(13)14-8-5-3-4-6-8/h2,6,9H,1,3-5,7-8H2,(H,14,15,16);7-9H,2-6H2,1H3,(H,11,12). The molecule has 1 spiro atoms. The summed E-state index contributed by atoms with van der Waals surface area (Å²) in [7, 11) is 0. The predicted molar refractivity (Wildman–Crippen MR) is 119 cm³/mol. The number of carbonyl (C=O) groups is 2. The minimum Gasteiger partial charge on any atom is -0.461 e. The molecule has 1 aliphatic heterocycles. The van der Waals surface area contributed by atoms with Gasteiger partial charge in [0.25, 0.3) is 0 Å². The molecule has 8 nitrogen and oxygen atoms in total. The van der Waals surface area contributed by atoms with Gasteiger partial charge < -0.3 is 19.9 Å². The quantitative estimate of drug-likeness (QED) is 0.542. The maximum atomic E-state index is 11.5. The van der Waals surface area contributed by atoms with Crippen molar-refractivity contribution in [2.24, 2.45) is 5.41 Å². The van der Waals surface area contributed by atoms with Crippen LogP contribution in [0.15, 0.2) is 18.6 Å². The van der Waals surface area contributed by atoms with E-state index in [4.69, 9.17) is 4.74 Å². The maximum absolute atomic E-state index is 11.5. The highest BCUT2D eigenvalue weighted by atomic mass is 16.5. The summed E-state index contributed by atoms with van der Waals surface area (Å²) < 4.78 is 5.26. The van der Waals surface area contributed by atoms with Crippen LogP contribution in [0.25, 0.3) is 11.0 Å². The largest absolute Gasteiger partial charge is 0.461 e. The van der Waals surface area contributed by atoms with Gasteiger partial charge in [0.15, 0.2) is 0 Å². The lowest BCUT2D eigenvalue weighted by molar-refractivity contribution is -0.152. The number of esters is 1. The Morgan fingerprint density at radius 1 is 1.32 bits per heavy atom. The summed E-state index contributed by atoms with van der Waals surface area (Å²) in [5.74, 6) is 0.814. The molecule has 0 aromatic carbocycles. The third-order valence-corrected chi connectivity index (χ3v) is 6.80. The number of H-pyrrole nitrogens is 1. The summed E-state index contributed by atoms with van der Waals surface area (Å²) in [6, 6.07) is 1.60. The fraction of sp³-hybridized carbons (Fsp3) is 0.652. The molecule has 31 heavy (non-hydrogen) atoms. The van der Waals surface area contributed by atoms with Gasteiger partial charge >= 0.3 is 5.97 Å². The lowest BCUT2D eigenvalue weighted by Crippen LogP contribution is -2.38. The summed E-state index contributed by atoms with van der Waals surface area (Å²) >= 11 is 0. The first-order chi connectivity index (χ1) is 15.1. The van der Waals surface area contributed by atoms with E-state index in [0.29, 0.717) is 18.2 Å². The normalized spacial score (nSPS) is 20.7. The van der Waals surface area contributed by atoms with Gasteiger partial charge in [-0.05, 0) is 69.3 Å². The Kier molecular flexibility index (Phi) is 6.73. The van der Waals surface area contributed by atoms with Gasteiger partial charge in [-0.3, -0.25) is 4.79 Å². The van der Waals surface area contributed by atoms with Crippen molar-refractivity contribution in [3.63, 3.8) is 0 Å². The molecule has 1 saturated heterocycles. The summed E-state index contributed by atoms with van der Waals surface area (Å²) in [6.07, 6.45) is 14.5. The fourth-order valence-corrected chi connectivity index (χ4v) is 4.77. The summed E-state index contributed by atoms with van der Waals surface area (Å²) in [5.41, 5.74) is 1.58. The highest BCUT2D eigenvalue weighted by molar-refractivity contribution is 5.87. The van der Waals surface area contributed by atoms with E-state index in [9.17, 15) is 9.59 Å². The molecule has 5 rings (SSSR count). The first-order valence-corrected chi connectivity index (χ1v) is 11.6. The summed E-state index contributed by atoms with van der Waals surface area (Å²) in [6.45, 7) is 4.17. The number of amides is 1. The van der Waals surface area contributed by atoms with E-state index in [-0.39, 0.29) is 12.1 Å². The van der Waals surface area contributed by atoms with Gasteiger partial charge in [-0.15, -0.1) is 0 Å². The molecule has 3 fully saturated rings. The van der Waals surface area contributed by atoms with Crippen LogP contribution in [0.2, 0.25) is 0 Å². The van der Waals surface area contributed by atoms with Crippen LogP contribution in [0.1, 0.15) is 64.7 Å². The second-order valence-corrected chi connectivity index (χ2v) is 9.05. The molecule has 2 aromatic rings. The number of aromatic amines is 1. The van der Waals surface area contributed by atoms with E-state index >= 15 is 0 Å². The molecular weight excluding hydrogens is 394 g/mol. The lowest BCUT2D eigenvalue weighted by atomic mass is 9.95. The van der Waals surface area contributed by atoms with Crippen LogP contribution in [0.4, 0.5) is 5.82 Å². The minimum absolute atomic E-state index is 0.0741. The van der Waals surface area contributed by atoms with Crippen molar-refractivity contribution in [1.82, 2.24) is 20.3 Å². The van der Waals surface area contributed by atoms with Crippen LogP contribution < -0.4 is 10.2 Å². The Morgan fingerprint density at radius 3 is 2.84 bits per heavy atom. The molecule has 1 amide bonds. The van der Waals surface area contributed by atoms with Gasteiger partial charge in [0.05, 0.1) is 5.39 Å². The van der Waals surface area contributed by atoms with E-state index < -0.39 is 6.04 Å². The van der Waals surface area contributed by atoms with Crippen LogP contribution in [-0.2, 0) is 14.3 Å². The van der Waals surface area contributed by atoms with E-state index in [2.05, 4.69) is 31.2 Å². The van der Waals surface area contributed by atoms with Gasteiger partial charge in [0, 0.05) is 19.3 Å². The molecule has 3 aliphatic rings. The minimum atomic E-state index is -0.479. The first-order valence-electron chi connectivity index (χ1n) is 11.6. The van der Waals surface area contributed by atoms with Crippen LogP contribution in [0, 0.1) is 5.41 Å². The molecule has 0 radical (unpaired) electrons. The number of aromatic nitrogens is 3. The molecule has 2 saturated carbocycles. The molecule has 2 N–H and O–H groups in total. The van der Waals surface area contributed by atoms with Gasteiger partial charge in [-0.1, -0.05) is 6.92 Å². The average Bonchev–Trinajstić information content (AvgIpc) is 3.18. The van der Waals surface area contributed by atoms with Crippen molar-refractivity contribution in [2.75, 3.05) is 18.0 Å². The smallest absolute Gasteiger partial charge is 0.328 e. The van der Waals surface area contributed by atoms with Crippen LogP contribution in [0.5, 0.6) is 0 Å². The zero-order chi connectivity index (χ0) is 21.7. The first kappa shape index (κ1) is 21.6. The van der Waals surface area contributed by atoms with Crippen molar-refractivity contribution in [3.8, 4) is 0 Å². The molecule has 168 valence electrons. The molecule has 3 heterocycles. The number of hydrogen-bond acceptors (Lipinski definition) is 6. The highest BCUT2D eigenvalue weighted by Gasteiger charge is 2.45. The molecule has 2 aromatic heterocycles. The number of piperidine rings is 1. The van der Waals surface area contributed by atoms with E-state index in [0.717, 1.165) is 49.1 Å². The summed E-state index contributed by atoms with van der Waals surface area (Å²) in [4.78, 5) is 36.0. The van der Waals surface area contributed by atoms with Crippen LogP contribution >= 0.6 is 0 Å². The number of nitrogens with zero attached hydrogens (tertiary/aromatic N) is 3. The lowest BCUT2D eigenvalue weighted by Gasteiger charge is -2.34. The number of fused-ring (bicyclic) bond motifs is 1. The average molecular weight is 428 g/mol. The Labute approximate surface area is 183 Å². The van der Waals surface area contributed by atoms with Crippen LogP contribution in [-0.4, -0.2) is 52.6 Å². The number of hydrogen-bond donors (Lipinski definition) is 2. The number of nitrogens with one attached hydrogen (secondary N) is 2. The molecule has 0 bridgehead atoms.